The lowest BCUT2D eigenvalue weighted by Gasteiger charge is -2.19. The van der Waals surface area contributed by atoms with Gasteiger partial charge in [-0.2, -0.15) is 0 Å². The molecule has 1 nitrogen and oxygen atoms in total. The first-order valence-electron chi connectivity index (χ1n) is 5.30. The lowest BCUT2D eigenvalue weighted by Crippen LogP contribution is -2.16. The van der Waals surface area contributed by atoms with E-state index in [1.807, 2.05) is 18.7 Å². The van der Waals surface area contributed by atoms with Gasteiger partial charge in [0.1, 0.15) is 0 Å². The minimum absolute atomic E-state index is 0.597. The maximum Gasteiger partial charge on any atom is 0.0512 e. The Morgan fingerprint density at radius 3 is 3.00 bits per heavy atom. The van der Waals surface area contributed by atoms with Crippen LogP contribution in [-0.4, -0.2) is 18.0 Å². The standard InChI is InChI=1S/C12H19NS/c1-4-6-7-11-12(10(3)5-2)13-8-9-14-11/h4,6-7,10H,5,8-9H2,1-3H3/b6-4?,11-7+. The van der Waals surface area contributed by atoms with Crippen molar-refractivity contribution >= 4 is 17.5 Å². The molecule has 0 amide bonds. The van der Waals surface area contributed by atoms with Gasteiger partial charge in [-0.1, -0.05) is 26.0 Å². The Balaban J connectivity index is 2.82. The zero-order chi connectivity index (χ0) is 10.4. The van der Waals surface area contributed by atoms with Gasteiger partial charge in [0.15, 0.2) is 0 Å². The van der Waals surface area contributed by atoms with Crippen molar-refractivity contribution in [1.29, 1.82) is 0 Å². The maximum absolute atomic E-state index is 4.63. The van der Waals surface area contributed by atoms with Gasteiger partial charge in [0.25, 0.3) is 0 Å². The van der Waals surface area contributed by atoms with Crippen LogP contribution in [0.1, 0.15) is 27.2 Å². The summed E-state index contributed by atoms with van der Waals surface area (Å²) in [5.74, 6) is 1.72. The third kappa shape index (κ3) is 3.02. The van der Waals surface area contributed by atoms with Crippen molar-refractivity contribution in [3.05, 3.63) is 23.1 Å². The molecule has 0 aromatic carbocycles. The Bertz CT molecular complexity index is 263. The van der Waals surface area contributed by atoms with Crippen molar-refractivity contribution in [2.75, 3.05) is 12.3 Å². The van der Waals surface area contributed by atoms with Crippen LogP contribution in [0.4, 0.5) is 0 Å². The first-order chi connectivity index (χ1) is 6.79. The molecule has 14 heavy (non-hydrogen) atoms. The summed E-state index contributed by atoms with van der Waals surface area (Å²) in [6, 6.07) is 0. The van der Waals surface area contributed by atoms with Crippen LogP contribution in [0, 0.1) is 5.92 Å². The van der Waals surface area contributed by atoms with Crippen molar-refractivity contribution in [3.8, 4) is 0 Å². The van der Waals surface area contributed by atoms with Crippen molar-refractivity contribution in [3.63, 3.8) is 0 Å². The van der Waals surface area contributed by atoms with Gasteiger partial charge < -0.3 is 0 Å². The van der Waals surface area contributed by atoms with Gasteiger partial charge in [-0.3, -0.25) is 4.99 Å². The van der Waals surface area contributed by atoms with Gasteiger partial charge in [0.2, 0.25) is 0 Å². The molecule has 2 heteroatoms. The van der Waals surface area contributed by atoms with Crippen LogP contribution in [0.2, 0.25) is 0 Å². The lowest BCUT2D eigenvalue weighted by molar-refractivity contribution is 0.736. The van der Waals surface area contributed by atoms with Crippen LogP contribution < -0.4 is 0 Å². The topological polar surface area (TPSA) is 12.4 Å². The smallest absolute Gasteiger partial charge is 0.0512 e. The van der Waals surface area contributed by atoms with E-state index in [2.05, 4.69) is 37.1 Å². The molecule has 0 N–H and O–H groups in total. The van der Waals surface area contributed by atoms with E-state index in [9.17, 15) is 0 Å². The average Bonchev–Trinajstić information content (AvgIpc) is 2.25. The number of aliphatic imine (C=N–C) groups is 1. The molecule has 1 atom stereocenters. The van der Waals surface area contributed by atoms with Crippen LogP contribution in [0.15, 0.2) is 28.1 Å². The van der Waals surface area contributed by atoms with Crippen molar-refractivity contribution in [2.45, 2.75) is 27.2 Å². The predicted molar refractivity (Wildman–Crippen MR) is 67.1 cm³/mol. The van der Waals surface area contributed by atoms with Crippen LogP contribution >= 0.6 is 11.8 Å². The molecule has 0 spiro atoms. The van der Waals surface area contributed by atoms with E-state index in [4.69, 9.17) is 0 Å². The Hall–Kier alpha value is -0.500. The highest BCUT2D eigenvalue weighted by Gasteiger charge is 2.16. The number of nitrogens with zero attached hydrogens (tertiary/aromatic N) is 1. The second-order valence-electron chi connectivity index (χ2n) is 3.48. The summed E-state index contributed by atoms with van der Waals surface area (Å²) in [6.45, 7) is 7.51. The van der Waals surface area contributed by atoms with E-state index in [0.29, 0.717) is 5.92 Å². The zero-order valence-corrected chi connectivity index (χ0v) is 10.1. The quantitative estimate of drug-likeness (QED) is 0.690. The van der Waals surface area contributed by atoms with Crippen LogP contribution in [0.5, 0.6) is 0 Å². The number of rotatable bonds is 3. The summed E-state index contributed by atoms with van der Waals surface area (Å²) >= 11 is 1.93. The van der Waals surface area contributed by atoms with Gasteiger partial charge in [-0.05, 0) is 25.3 Å². The Morgan fingerprint density at radius 2 is 2.36 bits per heavy atom. The lowest BCUT2D eigenvalue weighted by atomic mass is 10.0. The molecule has 0 aromatic heterocycles. The zero-order valence-electron chi connectivity index (χ0n) is 9.29. The molecule has 1 aliphatic rings. The molecule has 0 aliphatic carbocycles. The van der Waals surface area contributed by atoms with E-state index in [0.717, 1.165) is 12.3 Å². The molecular formula is C12H19NS. The second-order valence-corrected chi connectivity index (χ2v) is 4.62. The minimum atomic E-state index is 0.597. The monoisotopic (exact) mass is 209 g/mol. The molecule has 1 heterocycles. The molecule has 0 saturated heterocycles. The number of hydrogen-bond acceptors (Lipinski definition) is 2. The molecular weight excluding hydrogens is 190 g/mol. The molecule has 1 aliphatic heterocycles. The third-order valence-electron chi connectivity index (χ3n) is 2.40. The second kappa shape index (κ2) is 6.07. The fraction of sp³-hybridized carbons (Fsp3) is 0.583. The van der Waals surface area contributed by atoms with E-state index >= 15 is 0 Å². The van der Waals surface area contributed by atoms with Crippen LogP contribution in [-0.2, 0) is 0 Å². The van der Waals surface area contributed by atoms with E-state index < -0.39 is 0 Å². The third-order valence-corrected chi connectivity index (χ3v) is 3.45. The summed E-state index contributed by atoms with van der Waals surface area (Å²) in [5.41, 5.74) is 1.31. The van der Waals surface area contributed by atoms with E-state index in [1.54, 1.807) is 0 Å². The number of allylic oxidation sites excluding steroid dienone is 4. The summed E-state index contributed by atoms with van der Waals surface area (Å²) in [7, 11) is 0. The van der Waals surface area contributed by atoms with Crippen molar-refractivity contribution in [2.24, 2.45) is 10.9 Å². The fourth-order valence-corrected chi connectivity index (χ4v) is 2.37. The van der Waals surface area contributed by atoms with E-state index in [1.165, 1.54) is 17.0 Å². The Morgan fingerprint density at radius 1 is 1.57 bits per heavy atom. The normalized spacial score (nSPS) is 22.8. The average molecular weight is 209 g/mol. The molecule has 0 fully saturated rings. The summed E-state index contributed by atoms with van der Waals surface area (Å²) in [5, 5.41) is 0. The van der Waals surface area contributed by atoms with Gasteiger partial charge in [-0.15, -0.1) is 11.8 Å². The van der Waals surface area contributed by atoms with Gasteiger partial charge in [-0.25, -0.2) is 0 Å². The number of hydrogen-bond donors (Lipinski definition) is 0. The summed E-state index contributed by atoms with van der Waals surface area (Å²) < 4.78 is 0. The maximum atomic E-state index is 4.63. The number of thioether (sulfide) groups is 1. The molecule has 1 unspecified atom stereocenters. The van der Waals surface area contributed by atoms with E-state index in [-0.39, 0.29) is 0 Å². The molecule has 0 aromatic rings. The highest BCUT2D eigenvalue weighted by atomic mass is 32.2. The predicted octanol–water partition coefficient (Wildman–Crippen LogP) is 3.68. The molecule has 1 rings (SSSR count). The SMILES string of the molecule is CC=C/C=C1/SCCN=C1C(C)CC. The van der Waals surface area contributed by atoms with Crippen LogP contribution in [0.25, 0.3) is 0 Å². The summed E-state index contributed by atoms with van der Waals surface area (Å²) in [4.78, 5) is 5.99. The van der Waals surface area contributed by atoms with Crippen LogP contribution in [0.3, 0.4) is 0 Å². The van der Waals surface area contributed by atoms with Gasteiger partial charge in [0.05, 0.1) is 5.71 Å². The minimum Gasteiger partial charge on any atom is -0.287 e. The van der Waals surface area contributed by atoms with Gasteiger partial charge >= 0.3 is 0 Å². The van der Waals surface area contributed by atoms with Gasteiger partial charge in [0, 0.05) is 17.2 Å². The van der Waals surface area contributed by atoms with Crippen molar-refractivity contribution < 1.29 is 0 Å². The highest BCUT2D eigenvalue weighted by molar-refractivity contribution is 8.04. The first-order valence-corrected chi connectivity index (χ1v) is 6.28. The first kappa shape index (κ1) is 11.6. The molecule has 0 saturated carbocycles. The molecule has 0 bridgehead atoms. The largest absolute Gasteiger partial charge is 0.287 e. The fourth-order valence-electron chi connectivity index (χ4n) is 1.38. The Labute approximate surface area is 91.4 Å². The van der Waals surface area contributed by atoms with Crippen molar-refractivity contribution in [1.82, 2.24) is 0 Å². The summed E-state index contributed by atoms with van der Waals surface area (Å²) in [6.07, 6.45) is 7.53. The highest BCUT2D eigenvalue weighted by Crippen LogP contribution is 2.26. The molecule has 78 valence electrons. The molecule has 0 radical (unpaired) electrons. The Kier molecular flexibility index (Phi) is 5.02.